The second-order valence-corrected chi connectivity index (χ2v) is 6.44. The molecule has 21 heavy (non-hydrogen) atoms. The van der Waals surface area contributed by atoms with Gasteiger partial charge in [-0.1, -0.05) is 18.5 Å². The quantitative estimate of drug-likeness (QED) is 0.883. The molecule has 0 spiro atoms. The molecule has 6 heteroatoms. The Balaban J connectivity index is 1.81. The number of aliphatic hydroxyl groups excluding tert-OH is 1. The number of aliphatic hydroxyl groups is 1. The Kier molecular flexibility index (Phi) is 4.28. The van der Waals surface area contributed by atoms with Crippen LogP contribution in [0.2, 0.25) is 0 Å². The maximum atomic E-state index is 9.61. The van der Waals surface area contributed by atoms with Crippen molar-refractivity contribution in [2.24, 2.45) is 5.92 Å². The fourth-order valence-electron chi connectivity index (χ4n) is 3.65. The summed E-state index contributed by atoms with van der Waals surface area (Å²) in [6, 6.07) is -0.0408. The first-order chi connectivity index (χ1) is 10.1. The number of hydrogen-bond acceptors (Lipinski definition) is 6. The van der Waals surface area contributed by atoms with Gasteiger partial charge < -0.3 is 19.7 Å². The van der Waals surface area contributed by atoms with Crippen molar-refractivity contribution >= 4 is 0 Å². The van der Waals surface area contributed by atoms with Gasteiger partial charge in [-0.15, -0.1) is 0 Å². The standard InChI is InChI=1S/C15H25N3O3/c1-3-20-15(6-4-5-10(2)8-15)14-17-13(21-18-14)12-7-11(19)9-16-12/h10-12,16,19H,3-9H2,1-2H3/t10?,11-,12+,15?/m0/s1. The highest BCUT2D eigenvalue weighted by atomic mass is 16.5. The Bertz CT molecular complexity index is 474. The van der Waals surface area contributed by atoms with Gasteiger partial charge in [-0.2, -0.15) is 4.98 Å². The molecule has 0 aromatic carbocycles. The normalized spacial score (nSPS) is 37.0. The van der Waals surface area contributed by atoms with E-state index in [-0.39, 0.29) is 12.1 Å². The van der Waals surface area contributed by atoms with Crippen molar-refractivity contribution in [3.63, 3.8) is 0 Å². The molecule has 0 bridgehead atoms. The van der Waals surface area contributed by atoms with Crippen LogP contribution in [0.3, 0.4) is 0 Å². The first kappa shape index (κ1) is 14.9. The van der Waals surface area contributed by atoms with E-state index in [4.69, 9.17) is 9.26 Å². The van der Waals surface area contributed by atoms with E-state index >= 15 is 0 Å². The van der Waals surface area contributed by atoms with E-state index in [1.165, 1.54) is 6.42 Å². The van der Waals surface area contributed by atoms with Gasteiger partial charge in [0.05, 0.1) is 12.1 Å². The number of hydrogen-bond donors (Lipinski definition) is 2. The predicted molar refractivity (Wildman–Crippen MR) is 76.6 cm³/mol. The number of ether oxygens (including phenoxy) is 1. The van der Waals surface area contributed by atoms with Crippen LogP contribution in [0.1, 0.15) is 63.7 Å². The third kappa shape index (κ3) is 2.98. The maximum Gasteiger partial charge on any atom is 0.243 e. The van der Waals surface area contributed by atoms with Crippen LogP contribution in [0.5, 0.6) is 0 Å². The Morgan fingerprint density at radius 2 is 2.38 bits per heavy atom. The van der Waals surface area contributed by atoms with Gasteiger partial charge in [-0.25, -0.2) is 0 Å². The zero-order chi connectivity index (χ0) is 14.9. The first-order valence-electron chi connectivity index (χ1n) is 8.02. The van der Waals surface area contributed by atoms with Crippen molar-refractivity contribution in [2.45, 2.75) is 63.7 Å². The number of nitrogens with one attached hydrogen (secondary N) is 1. The zero-order valence-corrected chi connectivity index (χ0v) is 12.8. The van der Waals surface area contributed by atoms with E-state index in [9.17, 15) is 5.11 Å². The highest BCUT2D eigenvalue weighted by molar-refractivity contribution is 5.07. The average Bonchev–Trinajstić information content (AvgIpc) is 3.07. The van der Waals surface area contributed by atoms with Crippen LogP contribution < -0.4 is 5.32 Å². The van der Waals surface area contributed by atoms with Crippen LogP contribution in [0.15, 0.2) is 4.52 Å². The monoisotopic (exact) mass is 295 g/mol. The molecule has 2 N–H and O–H groups in total. The lowest BCUT2D eigenvalue weighted by Gasteiger charge is -2.37. The molecule has 1 saturated carbocycles. The summed E-state index contributed by atoms with van der Waals surface area (Å²) in [6.07, 6.45) is 4.55. The lowest BCUT2D eigenvalue weighted by Crippen LogP contribution is -2.36. The zero-order valence-electron chi connectivity index (χ0n) is 12.8. The topological polar surface area (TPSA) is 80.4 Å². The molecule has 6 nitrogen and oxygen atoms in total. The number of nitrogens with zero attached hydrogens (tertiary/aromatic N) is 2. The van der Waals surface area contributed by atoms with Crippen molar-refractivity contribution in [2.75, 3.05) is 13.2 Å². The Morgan fingerprint density at radius 3 is 3.05 bits per heavy atom. The molecule has 2 unspecified atom stereocenters. The Labute approximate surface area is 125 Å². The van der Waals surface area contributed by atoms with E-state index < -0.39 is 5.60 Å². The van der Waals surface area contributed by atoms with Gasteiger partial charge >= 0.3 is 0 Å². The fourth-order valence-corrected chi connectivity index (χ4v) is 3.65. The lowest BCUT2D eigenvalue weighted by atomic mass is 9.78. The van der Waals surface area contributed by atoms with E-state index in [0.717, 1.165) is 19.3 Å². The molecule has 1 aromatic heterocycles. The average molecular weight is 295 g/mol. The van der Waals surface area contributed by atoms with E-state index in [1.54, 1.807) is 0 Å². The van der Waals surface area contributed by atoms with E-state index in [2.05, 4.69) is 22.4 Å². The number of β-amino-alcohol motifs (C(OH)–C–C–N with tert-alkyl or cyclic N) is 1. The summed E-state index contributed by atoms with van der Waals surface area (Å²) < 4.78 is 11.5. The van der Waals surface area contributed by atoms with Crippen LogP contribution >= 0.6 is 0 Å². The third-order valence-electron chi connectivity index (χ3n) is 4.63. The van der Waals surface area contributed by atoms with Gasteiger partial charge in [0, 0.05) is 13.2 Å². The summed E-state index contributed by atoms with van der Waals surface area (Å²) in [7, 11) is 0. The molecular weight excluding hydrogens is 270 g/mol. The minimum absolute atomic E-state index is 0.0408. The van der Waals surface area contributed by atoms with Gasteiger partial charge in [0.2, 0.25) is 11.7 Å². The Hall–Kier alpha value is -0.980. The molecule has 0 amide bonds. The number of aromatic nitrogens is 2. The summed E-state index contributed by atoms with van der Waals surface area (Å²) in [5.41, 5.74) is -0.397. The molecule has 2 aliphatic rings. The fraction of sp³-hybridized carbons (Fsp3) is 0.867. The molecule has 2 fully saturated rings. The molecule has 1 aromatic rings. The lowest BCUT2D eigenvalue weighted by molar-refractivity contribution is -0.0891. The smallest absolute Gasteiger partial charge is 0.243 e. The minimum Gasteiger partial charge on any atom is -0.392 e. The van der Waals surface area contributed by atoms with Crippen LogP contribution in [0, 0.1) is 5.92 Å². The van der Waals surface area contributed by atoms with Gasteiger partial charge in [0.25, 0.3) is 0 Å². The Morgan fingerprint density at radius 1 is 1.52 bits per heavy atom. The van der Waals surface area contributed by atoms with Gasteiger partial charge in [-0.05, 0) is 38.5 Å². The maximum absolute atomic E-state index is 9.61. The van der Waals surface area contributed by atoms with E-state index in [1.807, 2.05) is 6.92 Å². The van der Waals surface area contributed by atoms with Crippen LogP contribution in [-0.4, -0.2) is 34.5 Å². The molecule has 2 heterocycles. The SMILES string of the molecule is CCOC1(c2noc([C@H]3C[C@H](O)CN3)n2)CCCC(C)C1. The second-order valence-electron chi connectivity index (χ2n) is 6.44. The summed E-state index contributed by atoms with van der Waals surface area (Å²) in [5.74, 6) is 1.85. The highest BCUT2D eigenvalue weighted by Crippen LogP contribution is 2.42. The molecule has 4 atom stereocenters. The molecule has 118 valence electrons. The molecule has 3 rings (SSSR count). The molecule has 1 aliphatic heterocycles. The van der Waals surface area contributed by atoms with Crippen LogP contribution in [-0.2, 0) is 10.3 Å². The predicted octanol–water partition coefficient (Wildman–Crippen LogP) is 1.91. The molecule has 1 aliphatic carbocycles. The summed E-state index contributed by atoms with van der Waals surface area (Å²) in [6.45, 7) is 5.49. The summed E-state index contributed by atoms with van der Waals surface area (Å²) in [4.78, 5) is 4.60. The van der Waals surface area contributed by atoms with Crippen molar-refractivity contribution in [3.8, 4) is 0 Å². The van der Waals surface area contributed by atoms with Crippen LogP contribution in [0.4, 0.5) is 0 Å². The largest absolute Gasteiger partial charge is 0.392 e. The highest BCUT2D eigenvalue weighted by Gasteiger charge is 2.42. The molecular formula is C15H25N3O3. The van der Waals surface area contributed by atoms with Crippen molar-refractivity contribution < 1.29 is 14.4 Å². The summed E-state index contributed by atoms with van der Waals surface area (Å²) in [5, 5.41) is 17.0. The third-order valence-corrected chi connectivity index (χ3v) is 4.63. The van der Waals surface area contributed by atoms with Crippen LogP contribution in [0.25, 0.3) is 0 Å². The van der Waals surface area contributed by atoms with Gasteiger partial charge in [0.1, 0.15) is 5.60 Å². The van der Waals surface area contributed by atoms with Crippen molar-refractivity contribution in [1.82, 2.24) is 15.5 Å². The van der Waals surface area contributed by atoms with Gasteiger partial charge in [-0.3, -0.25) is 0 Å². The van der Waals surface area contributed by atoms with Crippen molar-refractivity contribution in [1.29, 1.82) is 0 Å². The summed E-state index contributed by atoms with van der Waals surface area (Å²) >= 11 is 0. The van der Waals surface area contributed by atoms with Gasteiger partial charge in [0.15, 0.2) is 0 Å². The minimum atomic E-state index is -0.397. The molecule has 1 saturated heterocycles. The second kappa shape index (κ2) is 6.02. The molecule has 0 radical (unpaired) electrons. The number of rotatable bonds is 4. The van der Waals surface area contributed by atoms with Crippen molar-refractivity contribution in [3.05, 3.63) is 11.7 Å². The first-order valence-corrected chi connectivity index (χ1v) is 8.02. The van der Waals surface area contributed by atoms with E-state index in [0.29, 0.717) is 37.2 Å².